The number of hydrogen-bond acceptors (Lipinski definition) is 5. The standard InChI is InChI=1S/C13H15N3O2S/c1-19(17,18)11-4-2-10(3-5-11)8-16-13-6-7-15-9-12(13)14/h2-7,9H,8,14H2,1H3,(H,15,16). The molecule has 0 saturated carbocycles. The lowest BCUT2D eigenvalue weighted by Gasteiger charge is -2.09. The summed E-state index contributed by atoms with van der Waals surface area (Å²) in [5.74, 6) is 0. The second-order valence-electron chi connectivity index (χ2n) is 4.23. The second-order valence-corrected chi connectivity index (χ2v) is 6.25. The third-order valence-corrected chi connectivity index (χ3v) is 3.81. The molecule has 5 nitrogen and oxygen atoms in total. The van der Waals surface area contributed by atoms with Gasteiger partial charge in [-0.1, -0.05) is 12.1 Å². The van der Waals surface area contributed by atoms with E-state index >= 15 is 0 Å². The van der Waals surface area contributed by atoms with Crippen molar-refractivity contribution in [1.82, 2.24) is 4.98 Å². The van der Waals surface area contributed by atoms with Gasteiger partial charge in [0.2, 0.25) is 0 Å². The highest BCUT2D eigenvalue weighted by atomic mass is 32.2. The Kier molecular flexibility index (Phi) is 3.71. The SMILES string of the molecule is CS(=O)(=O)c1ccc(CNc2ccncc2N)cc1. The van der Waals surface area contributed by atoms with Crippen molar-refractivity contribution in [1.29, 1.82) is 0 Å². The Bertz CT molecular complexity index is 667. The summed E-state index contributed by atoms with van der Waals surface area (Å²) in [6, 6.07) is 8.55. The Labute approximate surface area is 112 Å². The predicted octanol–water partition coefficient (Wildman–Crippen LogP) is 1.68. The van der Waals surface area contributed by atoms with Crippen molar-refractivity contribution >= 4 is 21.2 Å². The summed E-state index contributed by atoms with van der Waals surface area (Å²) in [6.07, 6.45) is 4.43. The van der Waals surface area contributed by atoms with Crippen LogP contribution in [0.4, 0.5) is 11.4 Å². The largest absolute Gasteiger partial charge is 0.396 e. The van der Waals surface area contributed by atoms with Crippen LogP contribution in [0, 0.1) is 0 Å². The third kappa shape index (κ3) is 3.45. The van der Waals surface area contributed by atoms with Gasteiger partial charge in [0.15, 0.2) is 9.84 Å². The Morgan fingerprint density at radius 1 is 1.21 bits per heavy atom. The molecule has 1 aromatic carbocycles. The average molecular weight is 277 g/mol. The molecule has 0 spiro atoms. The van der Waals surface area contributed by atoms with E-state index in [2.05, 4.69) is 10.3 Å². The van der Waals surface area contributed by atoms with Crippen LogP contribution >= 0.6 is 0 Å². The maximum absolute atomic E-state index is 11.3. The van der Waals surface area contributed by atoms with E-state index in [1.54, 1.807) is 42.7 Å². The summed E-state index contributed by atoms with van der Waals surface area (Å²) >= 11 is 0. The highest BCUT2D eigenvalue weighted by molar-refractivity contribution is 7.90. The molecule has 1 heterocycles. The molecule has 0 atom stereocenters. The predicted molar refractivity (Wildman–Crippen MR) is 75.5 cm³/mol. The van der Waals surface area contributed by atoms with Crippen molar-refractivity contribution in [3.63, 3.8) is 0 Å². The molecule has 1 aromatic heterocycles. The van der Waals surface area contributed by atoms with Gasteiger partial charge < -0.3 is 11.1 Å². The monoisotopic (exact) mass is 277 g/mol. The molecule has 0 aliphatic heterocycles. The molecule has 0 aliphatic carbocycles. The molecule has 2 aromatic rings. The number of sulfone groups is 1. The fraction of sp³-hybridized carbons (Fsp3) is 0.154. The number of nitrogen functional groups attached to an aromatic ring is 1. The van der Waals surface area contributed by atoms with Gasteiger partial charge in [-0.2, -0.15) is 0 Å². The second kappa shape index (κ2) is 5.27. The van der Waals surface area contributed by atoms with E-state index in [1.807, 2.05) is 0 Å². The van der Waals surface area contributed by atoms with E-state index in [0.29, 0.717) is 17.1 Å². The fourth-order valence-electron chi connectivity index (χ4n) is 1.62. The third-order valence-electron chi connectivity index (χ3n) is 2.69. The topological polar surface area (TPSA) is 85.1 Å². The van der Waals surface area contributed by atoms with Crippen molar-refractivity contribution in [3.8, 4) is 0 Å². The molecule has 0 unspecified atom stereocenters. The molecule has 0 fully saturated rings. The lowest BCUT2D eigenvalue weighted by Crippen LogP contribution is -2.03. The fourth-order valence-corrected chi connectivity index (χ4v) is 2.25. The number of nitrogens with two attached hydrogens (primary N) is 1. The summed E-state index contributed by atoms with van der Waals surface area (Å²) < 4.78 is 22.7. The lowest BCUT2D eigenvalue weighted by atomic mass is 10.2. The number of hydrogen-bond donors (Lipinski definition) is 2. The maximum Gasteiger partial charge on any atom is 0.175 e. The van der Waals surface area contributed by atoms with E-state index in [9.17, 15) is 8.42 Å². The minimum absolute atomic E-state index is 0.319. The summed E-state index contributed by atoms with van der Waals surface area (Å²) in [5, 5.41) is 3.17. The molecule has 6 heteroatoms. The number of anilines is 2. The lowest BCUT2D eigenvalue weighted by molar-refractivity contribution is 0.602. The Morgan fingerprint density at radius 3 is 2.47 bits per heavy atom. The average Bonchev–Trinajstić information content (AvgIpc) is 2.37. The van der Waals surface area contributed by atoms with Crippen molar-refractivity contribution < 1.29 is 8.42 Å². The van der Waals surface area contributed by atoms with Crippen molar-refractivity contribution in [2.24, 2.45) is 0 Å². The normalized spacial score (nSPS) is 11.2. The summed E-state index contributed by atoms with van der Waals surface area (Å²) in [6.45, 7) is 0.568. The summed E-state index contributed by atoms with van der Waals surface area (Å²) in [5.41, 5.74) is 8.12. The van der Waals surface area contributed by atoms with Crippen LogP contribution in [0.5, 0.6) is 0 Å². The minimum Gasteiger partial charge on any atom is -0.396 e. The molecule has 0 aliphatic rings. The number of nitrogens with one attached hydrogen (secondary N) is 1. The molecule has 2 rings (SSSR count). The number of rotatable bonds is 4. The molecular weight excluding hydrogens is 262 g/mol. The van der Waals surface area contributed by atoms with Gasteiger partial charge in [-0.15, -0.1) is 0 Å². The zero-order chi connectivity index (χ0) is 13.9. The van der Waals surface area contributed by atoms with Crippen LogP contribution in [-0.2, 0) is 16.4 Å². The highest BCUT2D eigenvalue weighted by Crippen LogP contribution is 2.17. The van der Waals surface area contributed by atoms with Crippen LogP contribution in [0.3, 0.4) is 0 Å². The minimum atomic E-state index is -3.14. The Balaban J connectivity index is 2.07. The van der Waals surface area contributed by atoms with Crippen molar-refractivity contribution in [3.05, 3.63) is 48.3 Å². The zero-order valence-electron chi connectivity index (χ0n) is 10.5. The zero-order valence-corrected chi connectivity index (χ0v) is 11.3. The van der Waals surface area contributed by atoms with E-state index in [0.717, 1.165) is 11.3 Å². The maximum atomic E-state index is 11.3. The van der Waals surface area contributed by atoms with Gasteiger partial charge in [0.25, 0.3) is 0 Å². The van der Waals surface area contributed by atoms with E-state index < -0.39 is 9.84 Å². The first-order valence-electron chi connectivity index (χ1n) is 5.69. The van der Waals surface area contributed by atoms with Gasteiger partial charge >= 0.3 is 0 Å². The van der Waals surface area contributed by atoms with Crippen LogP contribution in [0.1, 0.15) is 5.56 Å². The summed E-state index contributed by atoms with van der Waals surface area (Å²) in [7, 11) is -3.14. The van der Waals surface area contributed by atoms with Crippen LogP contribution in [0.25, 0.3) is 0 Å². The molecule has 19 heavy (non-hydrogen) atoms. The smallest absolute Gasteiger partial charge is 0.175 e. The van der Waals surface area contributed by atoms with Gasteiger partial charge in [-0.25, -0.2) is 8.42 Å². The van der Waals surface area contributed by atoms with Crippen molar-refractivity contribution in [2.75, 3.05) is 17.3 Å². The summed E-state index contributed by atoms with van der Waals surface area (Å²) in [4.78, 5) is 4.23. The number of benzene rings is 1. The first-order valence-corrected chi connectivity index (χ1v) is 7.58. The van der Waals surface area contributed by atoms with Gasteiger partial charge in [-0.3, -0.25) is 4.98 Å². The van der Waals surface area contributed by atoms with E-state index in [-0.39, 0.29) is 0 Å². The molecule has 0 saturated heterocycles. The first-order chi connectivity index (χ1) is 8.97. The van der Waals surface area contributed by atoms with Gasteiger partial charge in [0.1, 0.15) is 0 Å². The van der Waals surface area contributed by atoms with Crippen molar-refractivity contribution in [2.45, 2.75) is 11.4 Å². The van der Waals surface area contributed by atoms with Gasteiger partial charge in [0.05, 0.1) is 22.5 Å². The van der Waals surface area contributed by atoms with E-state index in [4.69, 9.17) is 5.73 Å². The molecule has 0 amide bonds. The Morgan fingerprint density at radius 2 is 1.89 bits per heavy atom. The van der Waals surface area contributed by atoms with Gasteiger partial charge in [0, 0.05) is 19.0 Å². The molecule has 0 radical (unpaired) electrons. The number of nitrogens with zero attached hydrogens (tertiary/aromatic N) is 1. The number of pyridine rings is 1. The quantitative estimate of drug-likeness (QED) is 0.888. The van der Waals surface area contributed by atoms with Crippen LogP contribution in [-0.4, -0.2) is 19.7 Å². The van der Waals surface area contributed by atoms with Crippen LogP contribution < -0.4 is 11.1 Å². The molecular formula is C13H15N3O2S. The molecule has 0 bridgehead atoms. The van der Waals surface area contributed by atoms with Gasteiger partial charge in [-0.05, 0) is 23.8 Å². The van der Waals surface area contributed by atoms with Crippen LogP contribution in [0.2, 0.25) is 0 Å². The van der Waals surface area contributed by atoms with E-state index in [1.165, 1.54) is 6.26 Å². The molecule has 100 valence electrons. The first kappa shape index (κ1) is 13.4. The number of aromatic nitrogens is 1. The van der Waals surface area contributed by atoms with Crippen LogP contribution in [0.15, 0.2) is 47.6 Å². The Hall–Kier alpha value is -2.08. The highest BCUT2D eigenvalue weighted by Gasteiger charge is 2.06. The molecule has 3 N–H and O–H groups in total.